The molecule has 0 radical (unpaired) electrons. The molecule has 9 heteroatoms. The van der Waals surface area contributed by atoms with Crippen LogP contribution in [0.25, 0.3) is 0 Å². The summed E-state index contributed by atoms with van der Waals surface area (Å²) in [5.74, 6) is 0.320. The highest BCUT2D eigenvalue weighted by molar-refractivity contribution is 5.92. The standard InChI is InChI=1S/C15H18N6O3/c22-14(10-8-18-11(9-17-10)15(23)24)16-6-5-13-20-19-12-4-2-1-3-7-21(12)13/h8-9H,1-7H2,(H,16,22)(H,23,24). The molecule has 1 aliphatic heterocycles. The van der Waals surface area contributed by atoms with E-state index < -0.39 is 11.9 Å². The summed E-state index contributed by atoms with van der Waals surface area (Å²) in [5.41, 5.74) is -0.113. The average Bonchev–Trinajstić information content (AvgIpc) is 2.81. The van der Waals surface area contributed by atoms with Crippen molar-refractivity contribution in [2.75, 3.05) is 6.54 Å². The van der Waals surface area contributed by atoms with E-state index in [1.54, 1.807) is 0 Å². The Hall–Kier alpha value is -2.84. The van der Waals surface area contributed by atoms with Gasteiger partial charge >= 0.3 is 5.97 Å². The molecule has 3 heterocycles. The maximum atomic E-state index is 12.0. The number of aryl methyl sites for hydroxylation is 1. The van der Waals surface area contributed by atoms with Gasteiger partial charge in [-0.15, -0.1) is 10.2 Å². The van der Waals surface area contributed by atoms with E-state index in [2.05, 4.69) is 30.0 Å². The summed E-state index contributed by atoms with van der Waals surface area (Å²) >= 11 is 0. The molecule has 0 unspecified atom stereocenters. The Bertz CT molecular complexity index is 740. The van der Waals surface area contributed by atoms with Gasteiger partial charge < -0.3 is 15.0 Å². The van der Waals surface area contributed by atoms with E-state index >= 15 is 0 Å². The van der Waals surface area contributed by atoms with Crippen molar-refractivity contribution < 1.29 is 14.7 Å². The van der Waals surface area contributed by atoms with Crippen molar-refractivity contribution in [2.45, 2.75) is 38.6 Å². The monoisotopic (exact) mass is 330 g/mol. The van der Waals surface area contributed by atoms with Gasteiger partial charge in [0.15, 0.2) is 5.69 Å². The van der Waals surface area contributed by atoms with Crippen molar-refractivity contribution >= 4 is 11.9 Å². The maximum absolute atomic E-state index is 12.0. The fourth-order valence-electron chi connectivity index (χ4n) is 2.66. The quantitative estimate of drug-likeness (QED) is 0.816. The van der Waals surface area contributed by atoms with Crippen LogP contribution in [0.15, 0.2) is 12.4 Å². The summed E-state index contributed by atoms with van der Waals surface area (Å²) in [7, 11) is 0. The van der Waals surface area contributed by atoms with Crippen LogP contribution in [0, 0.1) is 0 Å². The first-order valence-corrected chi connectivity index (χ1v) is 7.89. The third kappa shape index (κ3) is 3.55. The average molecular weight is 330 g/mol. The summed E-state index contributed by atoms with van der Waals surface area (Å²) in [4.78, 5) is 30.2. The van der Waals surface area contributed by atoms with Crippen molar-refractivity contribution in [3.8, 4) is 0 Å². The molecule has 0 saturated heterocycles. The second-order valence-electron chi connectivity index (χ2n) is 5.59. The third-order valence-electron chi connectivity index (χ3n) is 3.92. The van der Waals surface area contributed by atoms with Gasteiger partial charge in [-0.3, -0.25) is 4.79 Å². The Morgan fingerprint density at radius 1 is 1.12 bits per heavy atom. The van der Waals surface area contributed by atoms with Crippen LogP contribution in [0.5, 0.6) is 0 Å². The lowest BCUT2D eigenvalue weighted by molar-refractivity contribution is 0.0689. The van der Waals surface area contributed by atoms with E-state index in [0.717, 1.165) is 49.8 Å². The van der Waals surface area contributed by atoms with Gasteiger partial charge in [0.2, 0.25) is 0 Å². The minimum absolute atomic E-state index is 0.0834. The summed E-state index contributed by atoms with van der Waals surface area (Å²) < 4.78 is 2.14. The molecule has 0 bridgehead atoms. The SMILES string of the molecule is O=C(O)c1cnc(C(=O)NCCc2nnc3n2CCCCC3)cn1. The molecule has 9 nitrogen and oxygen atoms in total. The number of carbonyl (C=O) groups is 2. The van der Waals surface area contributed by atoms with Crippen molar-refractivity contribution in [1.82, 2.24) is 30.0 Å². The predicted octanol–water partition coefficient (Wildman–Crippen LogP) is 0.465. The second kappa shape index (κ2) is 7.16. The topological polar surface area (TPSA) is 123 Å². The highest BCUT2D eigenvalue weighted by Gasteiger charge is 2.15. The van der Waals surface area contributed by atoms with E-state index in [0.29, 0.717) is 13.0 Å². The zero-order valence-corrected chi connectivity index (χ0v) is 13.1. The van der Waals surface area contributed by atoms with Crippen LogP contribution in [-0.4, -0.2) is 48.3 Å². The van der Waals surface area contributed by atoms with Gasteiger partial charge in [-0.05, 0) is 12.8 Å². The number of carboxylic acid groups (broad SMARTS) is 1. The molecule has 0 aliphatic carbocycles. The molecule has 0 fully saturated rings. The van der Waals surface area contributed by atoms with Gasteiger partial charge in [0.1, 0.15) is 17.3 Å². The first-order chi connectivity index (χ1) is 11.6. The Morgan fingerprint density at radius 2 is 1.92 bits per heavy atom. The van der Waals surface area contributed by atoms with E-state index in [-0.39, 0.29) is 11.4 Å². The minimum Gasteiger partial charge on any atom is -0.476 e. The van der Waals surface area contributed by atoms with Crippen LogP contribution in [0.4, 0.5) is 0 Å². The number of hydrogen-bond donors (Lipinski definition) is 2. The van der Waals surface area contributed by atoms with Crippen LogP contribution >= 0.6 is 0 Å². The number of aromatic carboxylic acids is 1. The van der Waals surface area contributed by atoms with Gasteiger partial charge in [-0.2, -0.15) is 0 Å². The first-order valence-electron chi connectivity index (χ1n) is 7.89. The van der Waals surface area contributed by atoms with Crippen LogP contribution in [0.2, 0.25) is 0 Å². The van der Waals surface area contributed by atoms with Crippen LogP contribution < -0.4 is 5.32 Å². The number of nitrogens with zero attached hydrogens (tertiary/aromatic N) is 5. The van der Waals surface area contributed by atoms with Gasteiger partial charge in [-0.1, -0.05) is 6.42 Å². The summed E-state index contributed by atoms with van der Waals surface area (Å²) in [6.45, 7) is 1.33. The molecule has 24 heavy (non-hydrogen) atoms. The van der Waals surface area contributed by atoms with Crippen LogP contribution in [0.1, 0.15) is 51.9 Å². The second-order valence-corrected chi connectivity index (χ2v) is 5.59. The number of carboxylic acids is 1. The van der Waals surface area contributed by atoms with E-state index in [1.807, 2.05) is 0 Å². The van der Waals surface area contributed by atoms with E-state index in [9.17, 15) is 9.59 Å². The van der Waals surface area contributed by atoms with E-state index in [1.165, 1.54) is 6.42 Å². The zero-order chi connectivity index (χ0) is 16.9. The Labute approximate surface area is 138 Å². The lowest BCUT2D eigenvalue weighted by Crippen LogP contribution is -2.27. The summed E-state index contributed by atoms with van der Waals surface area (Å²) in [6.07, 6.45) is 7.21. The lowest BCUT2D eigenvalue weighted by atomic mass is 10.2. The van der Waals surface area contributed by atoms with Crippen molar-refractivity contribution in [3.05, 3.63) is 35.4 Å². The molecule has 126 valence electrons. The molecular weight excluding hydrogens is 312 g/mol. The number of nitrogens with one attached hydrogen (secondary N) is 1. The molecule has 0 saturated carbocycles. The fraction of sp³-hybridized carbons (Fsp3) is 0.467. The molecule has 2 aromatic rings. The van der Waals surface area contributed by atoms with Crippen molar-refractivity contribution in [1.29, 1.82) is 0 Å². The summed E-state index contributed by atoms with van der Waals surface area (Å²) in [6, 6.07) is 0. The molecule has 2 aromatic heterocycles. The molecule has 2 N–H and O–H groups in total. The van der Waals surface area contributed by atoms with Crippen molar-refractivity contribution in [2.24, 2.45) is 0 Å². The minimum atomic E-state index is -1.18. The first kappa shape index (κ1) is 16.0. The molecule has 0 aromatic carbocycles. The number of rotatable bonds is 5. The van der Waals surface area contributed by atoms with Gasteiger partial charge in [0, 0.05) is 25.9 Å². The third-order valence-corrected chi connectivity index (χ3v) is 3.92. The molecule has 3 rings (SSSR count). The molecule has 1 aliphatic rings. The fourth-order valence-corrected chi connectivity index (χ4v) is 2.66. The highest BCUT2D eigenvalue weighted by atomic mass is 16.4. The Kier molecular flexibility index (Phi) is 4.78. The predicted molar refractivity (Wildman–Crippen MR) is 82.6 cm³/mol. The number of aromatic nitrogens is 5. The number of hydrogen-bond acceptors (Lipinski definition) is 6. The Balaban J connectivity index is 1.55. The highest BCUT2D eigenvalue weighted by Crippen LogP contribution is 2.14. The lowest BCUT2D eigenvalue weighted by Gasteiger charge is -2.07. The maximum Gasteiger partial charge on any atom is 0.356 e. The van der Waals surface area contributed by atoms with Gasteiger partial charge in [-0.25, -0.2) is 14.8 Å². The molecule has 0 atom stereocenters. The van der Waals surface area contributed by atoms with Crippen molar-refractivity contribution in [3.63, 3.8) is 0 Å². The number of amides is 1. The molecule has 1 amide bonds. The molecular formula is C15H18N6O3. The van der Waals surface area contributed by atoms with Crippen LogP contribution in [-0.2, 0) is 19.4 Å². The normalized spacial score (nSPS) is 13.8. The zero-order valence-electron chi connectivity index (χ0n) is 13.1. The van der Waals surface area contributed by atoms with Gasteiger partial charge in [0.25, 0.3) is 5.91 Å². The summed E-state index contributed by atoms with van der Waals surface area (Å²) in [5, 5.41) is 19.9. The Morgan fingerprint density at radius 3 is 2.67 bits per heavy atom. The smallest absolute Gasteiger partial charge is 0.356 e. The van der Waals surface area contributed by atoms with Gasteiger partial charge in [0.05, 0.1) is 12.4 Å². The number of fused-ring (bicyclic) bond motifs is 1. The number of carbonyl (C=O) groups excluding carboxylic acids is 1. The van der Waals surface area contributed by atoms with Crippen LogP contribution in [0.3, 0.4) is 0 Å². The largest absolute Gasteiger partial charge is 0.476 e. The molecule has 0 spiro atoms. The van der Waals surface area contributed by atoms with E-state index in [4.69, 9.17) is 5.11 Å².